The number of hydrogen-bond acceptors (Lipinski definition) is 3. The molecule has 0 bridgehead atoms. The summed E-state index contributed by atoms with van der Waals surface area (Å²) in [4.78, 5) is 0. The van der Waals surface area contributed by atoms with E-state index < -0.39 is 8.25 Å². The molecule has 0 saturated heterocycles. The first-order valence-corrected chi connectivity index (χ1v) is 6.47. The monoisotopic (exact) mass is 248 g/mol. The van der Waals surface area contributed by atoms with Crippen LogP contribution in [0, 0.1) is 0 Å². The largest absolute Gasteiger partial charge is 0.426 e. The normalized spacial score (nSPS) is 12.2. The van der Waals surface area contributed by atoms with Crippen LogP contribution >= 0.6 is 8.25 Å². The second-order valence-corrected chi connectivity index (χ2v) is 4.42. The Bertz CT molecular complexity index is 546. The SMILES string of the molecule is C=CCO[PH](=O)Oc1cccc2ccccc12. The Labute approximate surface area is 101 Å². The number of hydrogen-bond donors (Lipinski definition) is 0. The average Bonchev–Trinajstić information content (AvgIpc) is 2.37. The van der Waals surface area contributed by atoms with Gasteiger partial charge in [0.05, 0.1) is 6.61 Å². The van der Waals surface area contributed by atoms with Gasteiger partial charge in [-0.25, -0.2) is 4.57 Å². The van der Waals surface area contributed by atoms with Crippen LogP contribution in [-0.2, 0) is 9.09 Å². The quantitative estimate of drug-likeness (QED) is 0.596. The summed E-state index contributed by atoms with van der Waals surface area (Å²) in [6, 6.07) is 13.4. The zero-order valence-electron chi connectivity index (χ0n) is 9.26. The molecule has 0 heterocycles. The molecule has 2 rings (SSSR count). The summed E-state index contributed by atoms with van der Waals surface area (Å²) in [5, 5.41) is 1.97. The van der Waals surface area contributed by atoms with Gasteiger partial charge in [0, 0.05) is 5.39 Å². The van der Waals surface area contributed by atoms with E-state index >= 15 is 0 Å². The molecule has 0 N–H and O–H groups in total. The lowest BCUT2D eigenvalue weighted by Gasteiger charge is -2.08. The first-order valence-electron chi connectivity index (χ1n) is 5.24. The molecule has 0 aliphatic heterocycles. The second kappa shape index (κ2) is 5.67. The molecule has 2 aromatic carbocycles. The van der Waals surface area contributed by atoms with E-state index in [-0.39, 0.29) is 6.61 Å². The van der Waals surface area contributed by atoms with Crippen LogP contribution in [0.15, 0.2) is 55.1 Å². The maximum atomic E-state index is 11.5. The van der Waals surface area contributed by atoms with E-state index in [2.05, 4.69) is 6.58 Å². The minimum absolute atomic E-state index is 0.225. The Kier molecular flexibility index (Phi) is 3.97. The topological polar surface area (TPSA) is 35.5 Å². The van der Waals surface area contributed by atoms with Crippen LogP contribution in [0.1, 0.15) is 0 Å². The molecule has 0 spiro atoms. The number of fused-ring (bicyclic) bond motifs is 1. The van der Waals surface area contributed by atoms with Crippen molar-refractivity contribution in [2.24, 2.45) is 0 Å². The average molecular weight is 248 g/mol. The first-order chi connectivity index (χ1) is 8.31. The van der Waals surface area contributed by atoms with Crippen molar-refractivity contribution in [3.63, 3.8) is 0 Å². The smallest absolute Gasteiger partial charge is 0.368 e. The highest BCUT2D eigenvalue weighted by Crippen LogP contribution is 2.33. The van der Waals surface area contributed by atoms with Crippen molar-refractivity contribution < 1.29 is 13.6 Å². The maximum absolute atomic E-state index is 11.5. The lowest BCUT2D eigenvalue weighted by molar-refractivity contribution is 0.318. The van der Waals surface area contributed by atoms with Gasteiger partial charge in [0.2, 0.25) is 0 Å². The van der Waals surface area contributed by atoms with Crippen molar-refractivity contribution in [2.45, 2.75) is 0 Å². The van der Waals surface area contributed by atoms with Crippen LogP contribution in [0.3, 0.4) is 0 Å². The fourth-order valence-corrected chi connectivity index (χ4v) is 2.20. The molecule has 17 heavy (non-hydrogen) atoms. The van der Waals surface area contributed by atoms with Crippen molar-refractivity contribution in [2.75, 3.05) is 6.61 Å². The van der Waals surface area contributed by atoms with Crippen LogP contribution in [-0.4, -0.2) is 6.61 Å². The van der Waals surface area contributed by atoms with E-state index in [9.17, 15) is 4.57 Å². The summed E-state index contributed by atoms with van der Waals surface area (Å²) in [5.74, 6) is 0.580. The predicted octanol–water partition coefficient (Wildman–Crippen LogP) is 3.81. The molecule has 0 aliphatic carbocycles. The van der Waals surface area contributed by atoms with Gasteiger partial charge >= 0.3 is 8.25 Å². The molecule has 1 atom stereocenters. The third-order valence-corrected chi connectivity index (χ3v) is 3.05. The van der Waals surface area contributed by atoms with Gasteiger partial charge in [-0.3, -0.25) is 4.52 Å². The van der Waals surface area contributed by atoms with Crippen LogP contribution in [0.25, 0.3) is 10.8 Å². The fourth-order valence-electron chi connectivity index (χ4n) is 1.53. The molecule has 4 heteroatoms. The Morgan fingerprint density at radius 3 is 2.76 bits per heavy atom. The van der Waals surface area contributed by atoms with Crippen LogP contribution in [0.5, 0.6) is 5.75 Å². The van der Waals surface area contributed by atoms with E-state index in [0.717, 1.165) is 10.8 Å². The van der Waals surface area contributed by atoms with Gasteiger partial charge in [-0.1, -0.05) is 42.5 Å². The molecule has 3 nitrogen and oxygen atoms in total. The summed E-state index contributed by atoms with van der Waals surface area (Å²) in [6.45, 7) is 3.71. The molecule has 1 unspecified atom stereocenters. The van der Waals surface area contributed by atoms with Crippen molar-refractivity contribution in [1.82, 2.24) is 0 Å². The van der Waals surface area contributed by atoms with E-state index in [1.807, 2.05) is 36.4 Å². The standard InChI is InChI=1S/C13H13O3P/c1-2-10-15-17(14)16-13-9-5-7-11-6-3-4-8-12(11)13/h2-9,17H,1,10H2. The van der Waals surface area contributed by atoms with E-state index in [4.69, 9.17) is 9.05 Å². The summed E-state index contributed by atoms with van der Waals surface area (Å²) in [5.41, 5.74) is 0. The van der Waals surface area contributed by atoms with Gasteiger partial charge in [-0.05, 0) is 11.5 Å². The van der Waals surface area contributed by atoms with Gasteiger partial charge in [-0.2, -0.15) is 0 Å². The summed E-state index contributed by atoms with van der Waals surface area (Å²) < 4.78 is 21.8. The van der Waals surface area contributed by atoms with Crippen molar-refractivity contribution in [3.8, 4) is 5.75 Å². The third kappa shape index (κ3) is 2.96. The molecular formula is C13H13O3P. The Morgan fingerprint density at radius 1 is 1.18 bits per heavy atom. The third-order valence-electron chi connectivity index (χ3n) is 2.26. The molecule has 0 aliphatic rings. The zero-order chi connectivity index (χ0) is 12.1. The molecule has 88 valence electrons. The van der Waals surface area contributed by atoms with E-state index in [0.29, 0.717) is 5.75 Å². The number of benzene rings is 2. The Morgan fingerprint density at radius 2 is 1.94 bits per heavy atom. The van der Waals surface area contributed by atoms with Crippen LogP contribution < -0.4 is 4.52 Å². The summed E-state index contributed by atoms with van der Waals surface area (Å²) >= 11 is 0. The van der Waals surface area contributed by atoms with Gasteiger partial charge in [0.1, 0.15) is 5.75 Å². The van der Waals surface area contributed by atoms with Crippen molar-refractivity contribution in [1.29, 1.82) is 0 Å². The Balaban J connectivity index is 2.23. The highest BCUT2D eigenvalue weighted by Gasteiger charge is 2.05. The molecule has 0 saturated carbocycles. The molecule has 0 fully saturated rings. The maximum Gasteiger partial charge on any atom is 0.368 e. The first kappa shape index (κ1) is 11.9. The minimum Gasteiger partial charge on any atom is -0.426 e. The molecule has 0 amide bonds. The Hall–Kier alpha value is -1.57. The summed E-state index contributed by atoms with van der Waals surface area (Å²) in [6.07, 6.45) is 1.54. The lowest BCUT2D eigenvalue weighted by atomic mass is 10.1. The van der Waals surface area contributed by atoms with Crippen molar-refractivity contribution >= 4 is 19.0 Å². The summed E-state index contributed by atoms with van der Waals surface area (Å²) in [7, 11) is -2.52. The highest BCUT2D eigenvalue weighted by atomic mass is 31.1. The van der Waals surface area contributed by atoms with Crippen LogP contribution in [0.4, 0.5) is 0 Å². The molecule has 2 aromatic rings. The van der Waals surface area contributed by atoms with E-state index in [1.165, 1.54) is 6.08 Å². The predicted molar refractivity (Wildman–Crippen MR) is 69.7 cm³/mol. The molecule has 0 aromatic heterocycles. The lowest BCUT2D eigenvalue weighted by Crippen LogP contribution is -1.87. The van der Waals surface area contributed by atoms with Gasteiger partial charge in [-0.15, -0.1) is 6.58 Å². The van der Waals surface area contributed by atoms with Crippen molar-refractivity contribution in [3.05, 3.63) is 55.1 Å². The molecular weight excluding hydrogens is 235 g/mol. The second-order valence-electron chi connectivity index (χ2n) is 3.43. The van der Waals surface area contributed by atoms with Gasteiger partial charge in [0.25, 0.3) is 0 Å². The van der Waals surface area contributed by atoms with Gasteiger partial charge < -0.3 is 4.52 Å². The fraction of sp³-hybridized carbons (Fsp3) is 0.0769. The zero-order valence-corrected chi connectivity index (χ0v) is 10.3. The number of rotatable bonds is 5. The molecule has 0 radical (unpaired) electrons. The minimum atomic E-state index is -2.52. The van der Waals surface area contributed by atoms with Crippen LogP contribution in [0.2, 0.25) is 0 Å². The van der Waals surface area contributed by atoms with Gasteiger partial charge in [0.15, 0.2) is 0 Å². The highest BCUT2D eigenvalue weighted by molar-refractivity contribution is 7.33. The van der Waals surface area contributed by atoms with E-state index in [1.54, 1.807) is 6.07 Å².